The number of aryl methyl sites for hydroxylation is 1. The van der Waals surface area contributed by atoms with Crippen molar-refractivity contribution in [3.8, 4) is 5.69 Å². The van der Waals surface area contributed by atoms with E-state index in [-0.39, 0.29) is 11.5 Å². The van der Waals surface area contributed by atoms with Crippen molar-refractivity contribution in [3.05, 3.63) is 76.5 Å². The molecule has 0 unspecified atom stereocenters. The fourth-order valence-electron chi connectivity index (χ4n) is 4.10. The van der Waals surface area contributed by atoms with E-state index >= 15 is 0 Å². The third-order valence-corrected chi connectivity index (χ3v) is 6.13. The van der Waals surface area contributed by atoms with E-state index in [9.17, 15) is 9.59 Å². The Hall–Kier alpha value is -3.98. The molecule has 9 nitrogen and oxygen atoms in total. The summed E-state index contributed by atoms with van der Waals surface area (Å²) in [6.45, 7) is 5.94. The highest BCUT2D eigenvalue weighted by atomic mass is 16.5. The standard InChI is InChI=1S/C24H24N6O3/c1-16-3-4-17(23(31)26-22-7-12-33-27-22)13-21(16)30-15-25-20-6-5-18(14-19(20)24(30)32)29-10-8-28(2)9-11-29/h3-7,12-15H,8-11H2,1-2H3,(H,26,27,31)/p+1. The molecule has 0 saturated carbocycles. The molecule has 0 atom stereocenters. The van der Waals surface area contributed by atoms with E-state index in [1.165, 1.54) is 22.1 Å². The second-order valence-electron chi connectivity index (χ2n) is 8.41. The summed E-state index contributed by atoms with van der Waals surface area (Å²) >= 11 is 0. The fraction of sp³-hybridized carbons (Fsp3) is 0.250. The van der Waals surface area contributed by atoms with Crippen LogP contribution in [0.15, 0.2) is 64.4 Å². The molecule has 33 heavy (non-hydrogen) atoms. The second kappa shape index (κ2) is 8.51. The maximum atomic E-state index is 13.5. The zero-order valence-corrected chi connectivity index (χ0v) is 18.5. The molecule has 0 bridgehead atoms. The molecule has 2 aromatic heterocycles. The van der Waals surface area contributed by atoms with Gasteiger partial charge in [-0.1, -0.05) is 11.2 Å². The molecule has 0 aliphatic carbocycles. The van der Waals surface area contributed by atoms with Gasteiger partial charge >= 0.3 is 0 Å². The van der Waals surface area contributed by atoms with Crippen LogP contribution in [0.1, 0.15) is 15.9 Å². The number of nitrogens with one attached hydrogen (secondary N) is 2. The van der Waals surface area contributed by atoms with Gasteiger partial charge in [0.1, 0.15) is 12.6 Å². The number of likely N-dealkylation sites (N-methyl/N-ethyl adjacent to an activating group) is 1. The van der Waals surface area contributed by atoms with Crippen LogP contribution >= 0.6 is 0 Å². The van der Waals surface area contributed by atoms with E-state index in [1.54, 1.807) is 18.2 Å². The number of amides is 1. The summed E-state index contributed by atoms with van der Waals surface area (Å²) in [6, 6.07) is 12.6. The highest BCUT2D eigenvalue weighted by Gasteiger charge is 2.18. The van der Waals surface area contributed by atoms with Crippen LogP contribution < -0.4 is 20.7 Å². The van der Waals surface area contributed by atoms with Crippen molar-refractivity contribution in [2.75, 3.05) is 43.4 Å². The first kappa shape index (κ1) is 20.9. The number of aromatic nitrogens is 3. The van der Waals surface area contributed by atoms with E-state index in [2.05, 4.69) is 27.4 Å². The number of carbonyl (C=O) groups is 1. The number of fused-ring (bicyclic) bond motifs is 1. The van der Waals surface area contributed by atoms with Gasteiger partial charge in [0.2, 0.25) is 0 Å². The monoisotopic (exact) mass is 445 g/mol. The van der Waals surface area contributed by atoms with E-state index in [1.807, 2.05) is 31.2 Å². The predicted octanol–water partition coefficient (Wildman–Crippen LogP) is 1.27. The molecular formula is C24H25N6O3+. The Morgan fingerprint density at radius 2 is 1.94 bits per heavy atom. The Morgan fingerprint density at radius 1 is 1.12 bits per heavy atom. The average Bonchev–Trinajstić information content (AvgIpc) is 3.33. The van der Waals surface area contributed by atoms with E-state index in [0.717, 1.165) is 37.4 Å². The highest BCUT2D eigenvalue weighted by Crippen LogP contribution is 2.21. The lowest BCUT2D eigenvalue weighted by atomic mass is 10.1. The number of hydrogen-bond donors (Lipinski definition) is 2. The van der Waals surface area contributed by atoms with Crippen LogP contribution in [-0.4, -0.2) is 53.8 Å². The molecule has 9 heteroatoms. The molecule has 1 fully saturated rings. The topological polar surface area (TPSA) is 97.7 Å². The Labute approximate surface area is 190 Å². The number of rotatable bonds is 4. The van der Waals surface area contributed by atoms with Gasteiger partial charge in [-0.05, 0) is 42.8 Å². The minimum Gasteiger partial charge on any atom is -0.363 e. The minimum atomic E-state index is -0.341. The Kier molecular flexibility index (Phi) is 5.39. The predicted molar refractivity (Wildman–Crippen MR) is 125 cm³/mol. The van der Waals surface area contributed by atoms with Gasteiger partial charge < -0.3 is 19.6 Å². The lowest BCUT2D eigenvalue weighted by molar-refractivity contribution is -0.880. The minimum absolute atomic E-state index is 0.168. The van der Waals surface area contributed by atoms with Crippen molar-refractivity contribution >= 4 is 28.3 Å². The van der Waals surface area contributed by atoms with Gasteiger partial charge in [0.15, 0.2) is 5.82 Å². The summed E-state index contributed by atoms with van der Waals surface area (Å²) in [5.74, 6) is -0.0175. The normalized spacial score (nSPS) is 14.5. The van der Waals surface area contributed by atoms with Gasteiger partial charge in [-0.25, -0.2) is 4.98 Å². The first-order chi connectivity index (χ1) is 16.0. The first-order valence-electron chi connectivity index (χ1n) is 10.9. The molecule has 1 amide bonds. The van der Waals surface area contributed by atoms with Crippen LogP contribution in [0.5, 0.6) is 0 Å². The molecule has 1 aliphatic heterocycles. The number of carbonyl (C=O) groups excluding carboxylic acids is 1. The molecule has 5 rings (SSSR count). The van der Waals surface area contributed by atoms with Crippen LogP contribution in [0.2, 0.25) is 0 Å². The molecule has 2 N–H and O–H groups in total. The van der Waals surface area contributed by atoms with Gasteiger partial charge in [-0.3, -0.25) is 14.2 Å². The van der Waals surface area contributed by atoms with E-state index in [4.69, 9.17) is 4.52 Å². The van der Waals surface area contributed by atoms with Crippen molar-refractivity contribution in [2.24, 2.45) is 0 Å². The number of hydrogen-bond acceptors (Lipinski definition) is 6. The number of benzene rings is 2. The number of piperazine rings is 1. The van der Waals surface area contributed by atoms with Crippen LogP contribution in [-0.2, 0) is 0 Å². The van der Waals surface area contributed by atoms with Crippen molar-refractivity contribution in [1.82, 2.24) is 14.7 Å². The largest absolute Gasteiger partial charge is 0.363 e. The SMILES string of the molecule is Cc1ccc(C(=O)Nc2ccon2)cc1-n1cnc2ccc(N3CC[NH+](C)CC3)cc2c1=O. The maximum absolute atomic E-state index is 13.5. The molecule has 168 valence electrons. The van der Waals surface area contributed by atoms with Crippen molar-refractivity contribution in [1.29, 1.82) is 0 Å². The summed E-state index contributed by atoms with van der Waals surface area (Å²) in [5.41, 5.74) is 3.38. The van der Waals surface area contributed by atoms with Crippen LogP contribution in [0.25, 0.3) is 16.6 Å². The molecule has 1 saturated heterocycles. The third-order valence-electron chi connectivity index (χ3n) is 6.13. The van der Waals surface area contributed by atoms with Crippen LogP contribution in [0.3, 0.4) is 0 Å². The number of nitrogens with zero attached hydrogens (tertiary/aromatic N) is 4. The van der Waals surface area contributed by atoms with Gasteiger partial charge in [-0.15, -0.1) is 0 Å². The Balaban J connectivity index is 1.52. The quantitative estimate of drug-likeness (QED) is 0.491. The summed E-state index contributed by atoms with van der Waals surface area (Å²) in [4.78, 5) is 34.5. The molecule has 2 aromatic carbocycles. The Morgan fingerprint density at radius 3 is 2.70 bits per heavy atom. The Bertz CT molecular complexity index is 1370. The van der Waals surface area contributed by atoms with Crippen molar-refractivity contribution < 1.29 is 14.2 Å². The molecular weight excluding hydrogens is 420 g/mol. The summed E-state index contributed by atoms with van der Waals surface area (Å²) in [5, 5.41) is 6.93. The fourth-order valence-corrected chi connectivity index (χ4v) is 4.10. The first-order valence-corrected chi connectivity index (χ1v) is 10.9. The van der Waals surface area contributed by atoms with Gasteiger partial charge in [0, 0.05) is 17.3 Å². The number of quaternary nitrogens is 1. The average molecular weight is 446 g/mol. The third kappa shape index (κ3) is 4.10. The van der Waals surface area contributed by atoms with E-state index in [0.29, 0.717) is 28.0 Å². The highest BCUT2D eigenvalue weighted by molar-refractivity contribution is 6.04. The van der Waals surface area contributed by atoms with Crippen LogP contribution in [0, 0.1) is 6.92 Å². The zero-order valence-electron chi connectivity index (χ0n) is 18.5. The molecule has 0 spiro atoms. The molecule has 1 aliphatic rings. The lowest BCUT2D eigenvalue weighted by Crippen LogP contribution is -3.12. The van der Waals surface area contributed by atoms with E-state index < -0.39 is 0 Å². The summed E-state index contributed by atoms with van der Waals surface area (Å²) in [6.07, 6.45) is 2.90. The molecule has 0 radical (unpaired) electrons. The van der Waals surface area contributed by atoms with Gasteiger partial charge in [0.25, 0.3) is 11.5 Å². The van der Waals surface area contributed by atoms with Gasteiger partial charge in [-0.2, -0.15) is 0 Å². The second-order valence-corrected chi connectivity index (χ2v) is 8.41. The van der Waals surface area contributed by atoms with Crippen molar-refractivity contribution in [2.45, 2.75) is 6.92 Å². The lowest BCUT2D eigenvalue weighted by Gasteiger charge is -2.31. The van der Waals surface area contributed by atoms with Crippen molar-refractivity contribution in [3.63, 3.8) is 0 Å². The smallest absolute Gasteiger partial charge is 0.265 e. The van der Waals surface area contributed by atoms with Crippen LogP contribution in [0.4, 0.5) is 11.5 Å². The zero-order chi connectivity index (χ0) is 22.9. The maximum Gasteiger partial charge on any atom is 0.265 e. The molecule has 3 heterocycles. The van der Waals surface area contributed by atoms with Gasteiger partial charge in [0.05, 0.1) is 49.8 Å². The summed E-state index contributed by atoms with van der Waals surface area (Å²) in [7, 11) is 2.20. The number of anilines is 2. The summed E-state index contributed by atoms with van der Waals surface area (Å²) < 4.78 is 6.26. The molecule has 4 aromatic rings.